The standard InChI is InChI=1S/C14H21N3O2/c18-13-7-2-1-5-11(13)9-16-14(19)17-12-6-3-4-8-15-10-12/h1-2,5,7,12,15,18H,3-4,6,8-10H2,(H2,16,17,19). The molecule has 1 fully saturated rings. The van der Waals surface area contributed by atoms with Crippen molar-refractivity contribution in [2.24, 2.45) is 0 Å². The van der Waals surface area contributed by atoms with Gasteiger partial charge in [-0.3, -0.25) is 0 Å². The fraction of sp³-hybridized carbons (Fsp3) is 0.500. The van der Waals surface area contributed by atoms with E-state index in [2.05, 4.69) is 16.0 Å². The maximum Gasteiger partial charge on any atom is 0.315 e. The smallest absolute Gasteiger partial charge is 0.315 e. The van der Waals surface area contributed by atoms with Crippen molar-refractivity contribution in [2.75, 3.05) is 13.1 Å². The Morgan fingerprint density at radius 2 is 2.21 bits per heavy atom. The molecule has 0 aromatic heterocycles. The first kappa shape index (κ1) is 13.7. The van der Waals surface area contributed by atoms with Gasteiger partial charge in [-0.2, -0.15) is 0 Å². The predicted octanol–water partition coefficient (Wildman–Crippen LogP) is 1.33. The molecule has 1 aliphatic heterocycles. The number of hydrogen-bond acceptors (Lipinski definition) is 3. The Hall–Kier alpha value is -1.75. The third-order valence-electron chi connectivity index (χ3n) is 3.31. The molecule has 1 unspecified atom stereocenters. The lowest BCUT2D eigenvalue weighted by Crippen LogP contribution is -2.45. The Morgan fingerprint density at radius 3 is 3.05 bits per heavy atom. The van der Waals surface area contributed by atoms with Gasteiger partial charge in [0.1, 0.15) is 5.75 Å². The van der Waals surface area contributed by atoms with Crippen LogP contribution in [0.1, 0.15) is 24.8 Å². The third kappa shape index (κ3) is 4.44. The number of nitrogens with one attached hydrogen (secondary N) is 3. The summed E-state index contributed by atoms with van der Waals surface area (Å²) in [5, 5.41) is 18.6. The molecular weight excluding hydrogens is 242 g/mol. The largest absolute Gasteiger partial charge is 0.508 e. The molecule has 104 valence electrons. The molecule has 1 aliphatic rings. The average Bonchev–Trinajstić information content (AvgIpc) is 2.66. The molecule has 2 rings (SSSR count). The topological polar surface area (TPSA) is 73.4 Å². The van der Waals surface area contributed by atoms with Crippen LogP contribution in [0.4, 0.5) is 4.79 Å². The average molecular weight is 263 g/mol. The molecule has 1 atom stereocenters. The summed E-state index contributed by atoms with van der Waals surface area (Å²) >= 11 is 0. The summed E-state index contributed by atoms with van der Waals surface area (Å²) < 4.78 is 0. The number of carbonyl (C=O) groups is 1. The van der Waals surface area contributed by atoms with Gasteiger partial charge >= 0.3 is 6.03 Å². The summed E-state index contributed by atoms with van der Waals surface area (Å²) in [6.07, 6.45) is 3.31. The molecule has 4 N–H and O–H groups in total. The zero-order valence-electron chi connectivity index (χ0n) is 11.0. The van der Waals surface area contributed by atoms with Crippen molar-refractivity contribution >= 4 is 6.03 Å². The van der Waals surface area contributed by atoms with Crippen LogP contribution >= 0.6 is 0 Å². The van der Waals surface area contributed by atoms with Gasteiger partial charge in [0, 0.05) is 24.7 Å². The lowest BCUT2D eigenvalue weighted by atomic mass is 10.1. The summed E-state index contributed by atoms with van der Waals surface area (Å²) in [6.45, 7) is 2.18. The van der Waals surface area contributed by atoms with E-state index in [1.165, 1.54) is 0 Å². The number of phenolic OH excluding ortho intramolecular Hbond substituents is 1. The van der Waals surface area contributed by atoms with Gasteiger partial charge in [-0.05, 0) is 25.5 Å². The molecule has 1 saturated heterocycles. The molecule has 0 radical (unpaired) electrons. The number of rotatable bonds is 3. The minimum absolute atomic E-state index is 0.183. The number of aromatic hydroxyl groups is 1. The van der Waals surface area contributed by atoms with Gasteiger partial charge in [0.2, 0.25) is 0 Å². The second-order valence-corrected chi connectivity index (χ2v) is 4.85. The van der Waals surface area contributed by atoms with E-state index in [0.717, 1.165) is 37.9 Å². The van der Waals surface area contributed by atoms with Crippen molar-refractivity contribution < 1.29 is 9.90 Å². The Labute approximate surface area is 113 Å². The van der Waals surface area contributed by atoms with Crippen LogP contribution in [0, 0.1) is 0 Å². The maximum absolute atomic E-state index is 11.8. The van der Waals surface area contributed by atoms with Gasteiger partial charge in [0.15, 0.2) is 0 Å². The molecule has 2 amide bonds. The normalized spacial score (nSPS) is 19.5. The van der Waals surface area contributed by atoms with Crippen molar-refractivity contribution in [3.8, 4) is 5.75 Å². The summed E-state index contributed by atoms with van der Waals surface area (Å²) in [5.74, 6) is 0.207. The van der Waals surface area contributed by atoms with Gasteiger partial charge in [0.25, 0.3) is 0 Å². The van der Waals surface area contributed by atoms with Crippen LogP contribution < -0.4 is 16.0 Å². The number of benzene rings is 1. The highest BCUT2D eigenvalue weighted by molar-refractivity contribution is 5.74. The third-order valence-corrected chi connectivity index (χ3v) is 3.31. The molecule has 0 bridgehead atoms. The minimum atomic E-state index is -0.183. The van der Waals surface area contributed by atoms with E-state index in [1.807, 2.05) is 6.07 Å². The van der Waals surface area contributed by atoms with Gasteiger partial charge in [-0.1, -0.05) is 24.6 Å². The molecule has 1 aromatic rings. The Morgan fingerprint density at radius 1 is 1.37 bits per heavy atom. The zero-order chi connectivity index (χ0) is 13.5. The van der Waals surface area contributed by atoms with E-state index in [9.17, 15) is 9.90 Å². The van der Waals surface area contributed by atoms with E-state index in [0.29, 0.717) is 6.54 Å². The van der Waals surface area contributed by atoms with Crippen molar-refractivity contribution in [3.63, 3.8) is 0 Å². The lowest BCUT2D eigenvalue weighted by molar-refractivity contribution is 0.235. The van der Waals surface area contributed by atoms with Crippen LogP contribution in [-0.2, 0) is 6.54 Å². The molecule has 5 nitrogen and oxygen atoms in total. The lowest BCUT2D eigenvalue weighted by Gasteiger charge is -2.17. The first-order chi connectivity index (χ1) is 9.25. The van der Waals surface area contributed by atoms with Crippen LogP contribution in [0.25, 0.3) is 0 Å². The number of carbonyl (C=O) groups excluding carboxylic acids is 1. The van der Waals surface area contributed by atoms with E-state index in [4.69, 9.17) is 0 Å². The van der Waals surface area contributed by atoms with Gasteiger partial charge in [-0.25, -0.2) is 4.79 Å². The van der Waals surface area contributed by atoms with Crippen molar-refractivity contribution in [1.29, 1.82) is 0 Å². The number of urea groups is 1. The number of para-hydroxylation sites is 1. The number of phenols is 1. The Bertz CT molecular complexity index is 415. The Balaban J connectivity index is 1.76. The molecular formula is C14H21N3O2. The molecule has 0 spiro atoms. The maximum atomic E-state index is 11.8. The van der Waals surface area contributed by atoms with E-state index in [1.54, 1.807) is 18.2 Å². The number of amides is 2. The summed E-state index contributed by atoms with van der Waals surface area (Å²) in [5.41, 5.74) is 0.719. The first-order valence-corrected chi connectivity index (χ1v) is 6.77. The monoisotopic (exact) mass is 263 g/mol. The second kappa shape index (κ2) is 6.99. The van der Waals surface area contributed by atoms with E-state index >= 15 is 0 Å². The van der Waals surface area contributed by atoms with Crippen molar-refractivity contribution in [2.45, 2.75) is 31.8 Å². The molecule has 5 heteroatoms. The van der Waals surface area contributed by atoms with Gasteiger partial charge in [-0.15, -0.1) is 0 Å². The SMILES string of the molecule is O=C(NCc1ccccc1O)NC1CCCCNC1. The molecule has 19 heavy (non-hydrogen) atoms. The highest BCUT2D eigenvalue weighted by atomic mass is 16.3. The van der Waals surface area contributed by atoms with Crippen molar-refractivity contribution in [3.05, 3.63) is 29.8 Å². The fourth-order valence-electron chi connectivity index (χ4n) is 2.21. The first-order valence-electron chi connectivity index (χ1n) is 6.77. The summed E-state index contributed by atoms with van der Waals surface area (Å²) in [7, 11) is 0. The quantitative estimate of drug-likeness (QED) is 0.665. The highest BCUT2D eigenvalue weighted by Crippen LogP contribution is 2.14. The van der Waals surface area contributed by atoms with Crippen LogP contribution in [0.15, 0.2) is 24.3 Å². The number of hydrogen-bond donors (Lipinski definition) is 4. The van der Waals surface area contributed by atoms with E-state index < -0.39 is 0 Å². The predicted molar refractivity (Wildman–Crippen MR) is 74.0 cm³/mol. The second-order valence-electron chi connectivity index (χ2n) is 4.85. The van der Waals surface area contributed by atoms with Gasteiger partial charge in [0.05, 0.1) is 0 Å². The van der Waals surface area contributed by atoms with Crippen LogP contribution in [0.2, 0.25) is 0 Å². The molecule has 1 aromatic carbocycles. The van der Waals surface area contributed by atoms with Crippen molar-refractivity contribution in [1.82, 2.24) is 16.0 Å². The highest BCUT2D eigenvalue weighted by Gasteiger charge is 2.14. The Kier molecular flexibility index (Phi) is 5.03. The molecule has 0 aliphatic carbocycles. The summed E-state index contributed by atoms with van der Waals surface area (Å²) in [6, 6.07) is 7.01. The van der Waals surface area contributed by atoms with Gasteiger partial charge < -0.3 is 21.1 Å². The minimum Gasteiger partial charge on any atom is -0.508 e. The molecule has 1 heterocycles. The van der Waals surface area contributed by atoms with Crippen LogP contribution in [0.5, 0.6) is 5.75 Å². The van der Waals surface area contributed by atoms with Crippen LogP contribution in [0.3, 0.4) is 0 Å². The van der Waals surface area contributed by atoms with Crippen LogP contribution in [-0.4, -0.2) is 30.3 Å². The molecule has 0 saturated carbocycles. The zero-order valence-corrected chi connectivity index (χ0v) is 11.0. The fourth-order valence-corrected chi connectivity index (χ4v) is 2.21. The summed E-state index contributed by atoms with van der Waals surface area (Å²) in [4.78, 5) is 11.8. The van der Waals surface area contributed by atoms with E-state index in [-0.39, 0.29) is 17.8 Å².